The van der Waals surface area contributed by atoms with Gasteiger partial charge in [-0.15, -0.1) is 34.5 Å². The number of nitrogens with zero attached hydrogens (tertiary/aromatic N) is 1. The summed E-state index contributed by atoms with van der Waals surface area (Å²) in [6.07, 6.45) is 2.25. The van der Waals surface area contributed by atoms with Gasteiger partial charge < -0.3 is 24.8 Å². The third-order valence-corrected chi connectivity index (χ3v) is 11.1. The number of aryl methyl sites for hydroxylation is 1. The number of hydrogen-bond donors (Lipinski definition) is 0. The van der Waals surface area contributed by atoms with Gasteiger partial charge in [-0.05, 0) is 52.4 Å². The van der Waals surface area contributed by atoms with E-state index in [0.717, 1.165) is 0 Å². The first-order chi connectivity index (χ1) is 15.5. The van der Waals surface area contributed by atoms with Crippen molar-refractivity contribution in [2.45, 2.75) is 60.1 Å². The number of fused-ring (bicyclic) bond motifs is 1. The Labute approximate surface area is 249 Å². The fourth-order valence-corrected chi connectivity index (χ4v) is 9.68. The Morgan fingerprint density at radius 3 is 2.06 bits per heavy atom. The van der Waals surface area contributed by atoms with Crippen molar-refractivity contribution in [2.75, 3.05) is 0 Å². The van der Waals surface area contributed by atoms with E-state index in [4.69, 9.17) is 0 Å². The van der Waals surface area contributed by atoms with Crippen molar-refractivity contribution in [1.29, 1.82) is 0 Å². The summed E-state index contributed by atoms with van der Waals surface area (Å²) in [5.74, 6) is 0. The summed E-state index contributed by atoms with van der Waals surface area (Å²) in [5, 5.41) is 5.97. The summed E-state index contributed by atoms with van der Waals surface area (Å²) < 4.78 is 0. The first-order valence-electron chi connectivity index (χ1n) is 12.0. The van der Waals surface area contributed by atoms with Crippen LogP contribution in [-0.2, 0) is 31.6 Å². The van der Waals surface area contributed by atoms with Crippen molar-refractivity contribution in [3.63, 3.8) is 0 Å². The van der Waals surface area contributed by atoms with Crippen LogP contribution in [0.3, 0.4) is 0 Å². The number of allylic oxidation sites excluding steroid dienone is 4. The number of benzene rings is 2. The molecule has 3 aromatic rings. The van der Waals surface area contributed by atoms with Gasteiger partial charge in [0.1, 0.15) is 8.07 Å². The Hall–Kier alpha value is -1.38. The topological polar surface area (TPSA) is 12.4 Å². The summed E-state index contributed by atoms with van der Waals surface area (Å²) in [6.45, 7) is 18.1. The van der Waals surface area contributed by atoms with E-state index >= 15 is 0 Å². The third-order valence-electron chi connectivity index (χ3n) is 7.36. The monoisotopic (exact) mass is 608 g/mol. The minimum atomic E-state index is -1.15. The first-order valence-corrected chi connectivity index (χ1v) is 15.0. The van der Waals surface area contributed by atoms with Crippen LogP contribution in [0.4, 0.5) is 0 Å². The number of halogens is 2. The van der Waals surface area contributed by atoms with Gasteiger partial charge in [-0.1, -0.05) is 76.7 Å². The molecule has 7 rings (SSSR count). The summed E-state index contributed by atoms with van der Waals surface area (Å²) in [4.78, 5) is 4.62. The average molecular weight is 611 g/mol. The van der Waals surface area contributed by atoms with Crippen LogP contribution in [0.15, 0.2) is 92.9 Å². The minimum absolute atomic E-state index is 0. The fraction of sp³-hybridized carbons (Fsp3) is 0.290. The van der Waals surface area contributed by atoms with Crippen molar-refractivity contribution < 1.29 is 51.0 Å². The molecular weight excluding hydrogens is 577 g/mol. The maximum atomic E-state index is 4.62. The van der Waals surface area contributed by atoms with Gasteiger partial charge in [0, 0.05) is 11.3 Å². The van der Waals surface area contributed by atoms with Crippen LogP contribution >= 0.6 is 0 Å². The van der Waals surface area contributed by atoms with Gasteiger partial charge in [0.2, 0.25) is 0 Å². The molecule has 1 radical (unpaired) electrons. The molecule has 1 aliphatic carbocycles. The quantitative estimate of drug-likeness (QED) is 0.297. The molecule has 0 unspecified atom stereocenters. The Bertz CT molecular complexity index is 1430. The molecule has 0 saturated heterocycles. The van der Waals surface area contributed by atoms with Crippen molar-refractivity contribution >= 4 is 24.6 Å². The van der Waals surface area contributed by atoms with Gasteiger partial charge in [0.05, 0.1) is 5.70 Å². The van der Waals surface area contributed by atoms with E-state index in [0.29, 0.717) is 0 Å². The maximum absolute atomic E-state index is 4.62. The molecule has 0 saturated carbocycles. The largest absolute Gasteiger partial charge is 3.00 e. The molecule has 0 spiro atoms. The molecule has 4 aliphatic rings. The van der Waals surface area contributed by atoms with E-state index < -0.39 is 8.07 Å². The van der Waals surface area contributed by atoms with E-state index in [1.807, 2.05) is 0 Å². The zero-order chi connectivity index (χ0) is 23.7. The van der Waals surface area contributed by atoms with Crippen molar-refractivity contribution in [3.8, 4) is 11.1 Å². The molecular formula is C31H34Cl2NSiZr. The molecule has 185 valence electrons. The van der Waals surface area contributed by atoms with E-state index in [1.54, 1.807) is 10.4 Å². The molecule has 3 heterocycles. The molecule has 5 heteroatoms. The predicted octanol–water partition coefficient (Wildman–Crippen LogP) is 2.61. The Morgan fingerprint density at radius 2 is 1.50 bits per heavy atom. The second-order valence-corrected chi connectivity index (χ2v) is 15.6. The van der Waals surface area contributed by atoms with Gasteiger partial charge in [0.25, 0.3) is 0 Å². The summed E-state index contributed by atoms with van der Waals surface area (Å²) in [7, 11) is -1.15. The van der Waals surface area contributed by atoms with Crippen LogP contribution in [0.2, 0.25) is 13.1 Å². The van der Waals surface area contributed by atoms with Gasteiger partial charge in [-0.3, -0.25) is 4.99 Å². The van der Waals surface area contributed by atoms with Crippen LogP contribution in [-0.4, -0.2) is 13.8 Å². The third kappa shape index (κ3) is 5.02. The molecule has 3 aromatic carbocycles. The number of aliphatic imine (C=N–C) groups is 1. The minimum Gasteiger partial charge on any atom is -1.00 e. The number of hydrogen-bond acceptors (Lipinski definition) is 1. The smallest absolute Gasteiger partial charge is 1.00 e. The van der Waals surface area contributed by atoms with E-state index in [2.05, 4.69) is 120 Å². The first kappa shape index (κ1) is 30.8. The summed E-state index contributed by atoms with van der Waals surface area (Å²) in [6, 6.07) is 20.1. The zero-order valence-electron chi connectivity index (χ0n) is 22.5. The van der Waals surface area contributed by atoms with Crippen LogP contribution < -0.4 is 24.8 Å². The van der Waals surface area contributed by atoms with E-state index in [1.165, 1.54) is 55.6 Å². The van der Waals surface area contributed by atoms with Gasteiger partial charge in [-0.25, -0.2) is 0 Å². The van der Waals surface area contributed by atoms with E-state index in [-0.39, 0.29) is 56.4 Å². The number of rotatable bonds is 1. The van der Waals surface area contributed by atoms with Crippen molar-refractivity contribution in [3.05, 3.63) is 99.0 Å². The van der Waals surface area contributed by atoms with E-state index in [9.17, 15) is 0 Å². The standard InChI is InChI=1S/C20H21.C11H13NSi.2ClH.Zr/c1-14-12-16-6-5-7-18(19(16)13-14)15-8-10-17(11-9-15)20(2,3)4;1-6-5-8-9(12-6)11-7(2)10(8)13(11,3)4;;;/h5-13H,1-4H3;5H,1-4H3;2*1H;/q-1;;;;+3/p-2. The fourth-order valence-electron chi connectivity index (χ4n) is 5.85. The van der Waals surface area contributed by atoms with Gasteiger partial charge >= 0.3 is 26.2 Å². The van der Waals surface area contributed by atoms with Crippen LogP contribution in [0.25, 0.3) is 21.9 Å². The molecule has 36 heavy (non-hydrogen) atoms. The molecule has 0 aromatic heterocycles. The Kier molecular flexibility index (Phi) is 9.23. The Morgan fingerprint density at radius 1 is 0.861 bits per heavy atom. The molecule has 1 nitrogen and oxygen atoms in total. The SMILES string of the molecule is CC1=NC2=C3C(C)=C(C2=C1)[Si]3(C)C.Cc1cc2c(-c3ccc(C(C)(C)C)cc3)cccc2[cH-]1.[Cl-].[Cl-].[Zr+3]. The maximum Gasteiger partial charge on any atom is 3.00 e. The summed E-state index contributed by atoms with van der Waals surface area (Å²) >= 11 is 0. The molecule has 0 amide bonds. The van der Waals surface area contributed by atoms with Crippen LogP contribution in [0.5, 0.6) is 0 Å². The molecule has 0 atom stereocenters. The molecule has 3 aliphatic heterocycles. The van der Waals surface area contributed by atoms with Crippen LogP contribution in [0.1, 0.15) is 45.7 Å². The summed E-state index contributed by atoms with van der Waals surface area (Å²) in [5.41, 5.74) is 11.0. The normalized spacial score (nSPS) is 16.6. The average Bonchev–Trinajstić information content (AvgIpc) is 3.41. The van der Waals surface area contributed by atoms with Crippen LogP contribution in [0, 0.1) is 6.92 Å². The van der Waals surface area contributed by atoms with Gasteiger partial charge in [0.15, 0.2) is 0 Å². The van der Waals surface area contributed by atoms with Crippen molar-refractivity contribution in [2.24, 2.45) is 4.99 Å². The molecule has 2 bridgehead atoms. The molecule has 0 N–H and O–H groups in total. The second-order valence-electron chi connectivity index (χ2n) is 11.3. The Balaban J connectivity index is 0.000000250. The van der Waals surface area contributed by atoms with Crippen molar-refractivity contribution in [1.82, 2.24) is 0 Å². The van der Waals surface area contributed by atoms with Gasteiger partial charge in [-0.2, -0.15) is 6.07 Å². The molecule has 0 fully saturated rings. The second kappa shape index (κ2) is 10.8. The predicted molar refractivity (Wildman–Crippen MR) is 147 cm³/mol. The zero-order valence-corrected chi connectivity index (χ0v) is 27.4.